The summed E-state index contributed by atoms with van der Waals surface area (Å²) in [4.78, 5) is 19.1. The number of anilines is 1. The van der Waals surface area contributed by atoms with E-state index in [-0.39, 0.29) is 5.95 Å². The number of nitrogens with zero attached hydrogens (tertiary/aromatic N) is 3. The highest BCUT2D eigenvalue weighted by Crippen LogP contribution is 2.29. The predicted octanol–water partition coefficient (Wildman–Crippen LogP) is 0.501. The normalized spacial score (nSPS) is 25.8. The second-order valence-corrected chi connectivity index (χ2v) is 11.1. The third-order valence-electron chi connectivity index (χ3n) is 4.27. The Morgan fingerprint density at radius 1 is 1.59 bits per heavy atom. The van der Waals surface area contributed by atoms with E-state index in [4.69, 9.17) is 14.9 Å². The lowest BCUT2D eigenvalue weighted by atomic mass is 10.2. The van der Waals surface area contributed by atoms with Gasteiger partial charge >= 0.3 is 5.69 Å². The number of ether oxygens (including phenoxy) is 1. The van der Waals surface area contributed by atoms with Crippen LogP contribution in [0.25, 0.3) is 0 Å². The second kappa shape index (κ2) is 6.45. The quantitative estimate of drug-likeness (QED) is 0.757. The van der Waals surface area contributed by atoms with Crippen LogP contribution in [-0.4, -0.2) is 46.8 Å². The van der Waals surface area contributed by atoms with E-state index in [0.717, 1.165) is 0 Å². The molecule has 124 valence electrons. The maximum atomic E-state index is 11.8. The Kier molecular flexibility index (Phi) is 5.00. The van der Waals surface area contributed by atoms with E-state index in [1.54, 1.807) is 0 Å². The van der Waals surface area contributed by atoms with Crippen LogP contribution in [0.3, 0.4) is 0 Å². The van der Waals surface area contributed by atoms with Gasteiger partial charge in [0.2, 0.25) is 5.95 Å². The Labute approximate surface area is 130 Å². The van der Waals surface area contributed by atoms with Crippen LogP contribution < -0.4 is 11.4 Å². The lowest BCUT2D eigenvalue weighted by Crippen LogP contribution is -2.39. The number of aliphatic hydroxyl groups excluding tert-OH is 1. The van der Waals surface area contributed by atoms with Gasteiger partial charge in [0.15, 0.2) is 8.32 Å². The Bertz CT molecular complexity index is 577. The van der Waals surface area contributed by atoms with Crippen molar-refractivity contribution in [2.45, 2.75) is 57.3 Å². The van der Waals surface area contributed by atoms with E-state index in [1.165, 1.54) is 10.9 Å². The number of nitrogens with two attached hydrogens (primary N) is 1. The summed E-state index contributed by atoms with van der Waals surface area (Å²) < 4.78 is 13.0. The van der Waals surface area contributed by atoms with Gasteiger partial charge in [0.1, 0.15) is 18.7 Å². The molecule has 0 radical (unpaired) electrons. The van der Waals surface area contributed by atoms with Crippen LogP contribution in [0.4, 0.5) is 5.95 Å². The molecule has 1 fully saturated rings. The fraction of sp³-hybridized carbons (Fsp3) is 0.769. The fourth-order valence-electron chi connectivity index (χ4n) is 2.05. The Morgan fingerprint density at radius 3 is 2.86 bits per heavy atom. The van der Waals surface area contributed by atoms with Crippen LogP contribution in [0.1, 0.15) is 26.5 Å². The fourth-order valence-corrected chi connectivity index (χ4v) is 2.98. The van der Waals surface area contributed by atoms with Crippen molar-refractivity contribution in [2.24, 2.45) is 0 Å². The van der Waals surface area contributed by atoms with Crippen molar-refractivity contribution in [2.75, 3.05) is 12.3 Å². The van der Waals surface area contributed by atoms with E-state index in [0.29, 0.717) is 18.6 Å². The molecular formula is C13H24N4O4Si. The summed E-state index contributed by atoms with van der Waals surface area (Å²) in [5.74, 6) is -0.0793. The number of rotatable bonds is 5. The topological polar surface area (TPSA) is 112 Å². The number of hydrogen-bond donors (Lipinski definition) is 2. The lowest BCUT2D eigenvalue weighted by Gasteiger charge is -2.29. The summed E-state index contributed by atoms with van der Waals surface area (Å²) in [5.41, 5.74) is 5.29. The highest BCUT2D eigenvalue weighted by molar-refractivity contribution is 6.72. The molecule has 1 saturated heterocycles. The highest BCUT2D eigenvalue weighted by Gasteiger charge is 2.37. The molecule has 0 amide bonds. The van der Waals surface area contributed by atoms with Crippen LogP contribution in [-0.2, 0) is 9.16 Å². The molecule has 0 bridgehead atoms. The van der Waals surface area contributed by atoms with E-state index in [2.05, 4.69) is 36.9 Å². The molecule has 0 spiro atoms. The first-order valence-electron chi connectivity index (χ1n) is 7.39. The standard InChI is InChI=1S/C13H24N4O4Si/c1-8(2)22(3,4)20-6-10-9(18)5-11(21-10)17-7-15-12(14)16-13(17)19/h7-11,18H,5-6H2,1-4H3,(H2,14,16,19)/t9-,10+,11+/m0/s1. The average molecular weight is 328 g/mol. The molecule has 9 heteroatoms. The summed E-state index contributed by atoms with van der Waals surface area (Å²) in [6, 6.07) is 0. The Morgan fingerprint density at radius 2 is 2.27 bits per heavy atom. The van der Waals surface area contributed by atoms with E-state index >= 15 is 0 Å². The van der Waals surface area contributed by atoms with Gasteiger partial charge in [0.05, 0.1) is 12.7 Å². The summed E-state index contributed by atoms with van der Waals surface area (Å²) in [5, 5.41) is 10.1. The Balaban J connectivity index is 2.02. The van der Waals surface area contributed by atoms with Crippen molar-refractivity contribution in [3.05, 3.63) is 16.8 Å². The van der Waals surface area contributed by atoms with Crippen LogP contribution in [0, 0.1) is 0 Å². The SMILES string of the molecule is CC(C)[Si](C)(C)OC[C@H]1O[C@@H](n2cnc(N)nc2=O)C[C@@H]1O. The van der Waals surface area contributed by atoms with Crippen molar-refractivity contribution in [3.8, 4) is 0 Å². The lowest BCUT2D eigenvalue weighted by molar-refractivity contribution is -0.0431. The molecule has 22 heavy (non-hydrogen) atoms. The smallest absolute Gasteiger partial charge is 0.354 e. The average Bonchev–Trinajstić information content (AvgIpc) is 2.77. The van der Waals surface area contributed by atoms with Crippen molar-refractivity contribution in [3.63, 3.8) is 0 Å². The molecule has 0 unspecified atom stereocenters. The Hall–Kier alpha value is -1.29. The zero-order valence-electron chi connectivity index (χ0n) is 13.4. The highest BCUT2D eigenvalue weighted by atomic mass is 28.4. The number of nitrogen functional groups attached to an aromatic ring is 1. The molecular weight excluding hydrogens is 304 g/mol. The number of aliphatic hydroxyl groups is 1. The number of hydrogen-bond acceptors (Lipinski definition) is 7. The first kappa shape index (κ1) is 17.1. The van der Waals surface area contributed by atoms with Crippen LogP contribution in [0.15, 0.2) is 11.1 Å². The van der Waals surface area contributed by atoms with Gasteiger partial charge in [-0.05, 0) is 18.6 Å². The molecule has 1 aliphatic rings. The molecule has 2 rings (SSSR count). The largest absolute Gasteiger partial charge is 0.414 e. The summed E-state index contributed by atoms with van der Waals surface area (Å²) in [6.45, 7) is 8.85. The second-order valence-electron chi connectivity index (χ2n) is 6.41. The van der Waals surface area contributed by atoms with E-state index in [9.17, 15) is 9.90 Å². The minimum absolute atomic E-state index is 0.0793. The number of aromatic nitrogens is 3. The predicted molar refractivity (Wildman–Crippen MR) is 83.8 cm³/mol. The minimum Gasteiger partial charge on any atom is -0.414 e. The van der Waals surface area contributed by atoms with E-state index in [1.807, 2.05) is 0 Å². The monoisotopic (exact) mass is 328 g/mol. The third-order valence-corrected chi connectivity index (χ3v) is 7.96. The minimum atomic E-state index is -1.80. The van der Waals surface area contributed by atoms with Gasteiger partial charge < -0.3 is 20.0 Å². The molecule has 1 aliphatic heterocycles. The summed E-state index contributed by atoms with van der Waals surface area (Å²) >= 11 is 0. The third kappa shape index (κ3) is 3.72. The molecule has 8 nitrogen and oxygen atoms in total. The molecule has 3 N–H and O–H groups in total. The van der Waals surface area contributed by atoms with Crippen LogP contribution in [0.2, 0.25) is 18.6 Å². The van der Waals surface area contributed by atoms with Gasteiger partial charge in [-0.3, -0.25) is 4.57 Å². The zero-order valence-corrected chi connectivity index (χ0v) is 14.4. The van der Waals surface area contributed by atoms with Crippen LogP contribution in [0.5, 0.6) is 0 Å². The molecule has 1 aromatic heterocycles. The van der Waals surface area contributed by atoms with Crippen molar-refractivity contribution < 1.29 is 14.3 Å². The summed E-state index contributed by atoms with van der Waals surface area (Å²) in [7, 11) is -1.80. The first-order chi connectivity index (χ1) is 10.2. The molecule has 0 aromatic carbocycles. The molecule has 1 aromatic rings. The van der Waals surface area contributed by atoms with Gasteiger partial charge in [-0.25, -0.2) is 9.78 Å². The molecule has 0 aliphatic carbocycles. The van der Waals surface area contributed by atoms with Gasteiger partial charge in [0.25, 0.3) is 0 Å². The first-order valence-corrected chi connectivity index (χ1v) is 10.4. The van der Waals surface area contributed by atoms with Crippen molar-refractivity contribution >= 4 is 14.3 Å². The maximum Gasteiger partial charge on any atom is 0.354 e. The van der Waals surface area contributed by atoms with Gasteiger partial charge in [-0.1, -0.05) is 13.8 Å². The van der Waals surface area contributed by atoms with E-state index < -0.39 is 32.4 Å². The van der Waals surface area contributed by atoms with Crippen molar-refractivity contribution in [1.29, 1.82) is 0 Å². The summed E-state index contributed by atoms with van der Waals surface area (Å²) in [6.07, 6.45) is -0.157. The van der Waals surface area contributed by atoms with Gasteiger partial charge in [-0.2, -0.15) is 4.98 Å². The van der Waals surface area contributed by atoms with Crippen molar-refractivity contribution in [1.82, 2.24) is 14.5 Å². The maximum absolute atomic E-state index is 11.8. The van der Waals surface area contributed by atoms with Crippen LogP contribution >= 0.6 is 0 Å². The molecule has 2 heterocycles. The molecule has 0 saturated carbocycles. The molecule has 3 atom stereocenters. The van der Waals surface area contributed by atoms with Gasteiger partial charge in [-0.15, -0.1) is 0 Å². The zero-order chi connectivity index (χ0) is 16.5. The van der Waals surface area contributed by atoms with Gasteiger partial charge in [0, 0.05) is 6.42 Å².